The first-order valence-corrected chi connectivity index (χ1v) is 7.57. The fourth-order valence-electron chi connectivity index (χ4n) is 2.08. The zero-order chi connectivity index (χ0) is 16.5. The van der Waals surface area contributed by atoms with E-state index in [1.54, 1.807) is 26.7 Å². The maximum atomic E-state index is 5.04. The highest BCUT2D eigenvalue weighted by Crippen LogP contribution is 2.06. The molecule has 8 heteroatoms. The van der Waals surface area contributed by atoms with Crippen LogP contribution in [0.25, 0.3) is 0 Å². The number of aromatic nitrogens is 4. The standard InChI is InChI=1S/C15H23N7O/c1-4-13-21-20-11-22(13)8-7-17-15(16-2)19-10-12-5-6-14(23-3)18-9-12/h5-6,9,11H,4,7-8,10H2,1-3H3,(H2,16,17,19). The Morgan fingerprint density at radius 2 is 2.22 bits per heavy atom. The highest BCUT2D eigenvalue weighted by atomic mass is 16.5. The van der Waals surface area contributed by atoms with E-state index in [9.17, 15) is 0 Å². The number of hydrogen-bond donors (Lipinski definition) is 2. The SMILES string of the molecule is CCc1nncn1CCNC(=NC)NCc1ccc(OC)nc1. The zero-order valence-electron chi connectivity index (χ0n) is 13.8. The number of aryl methyl sites for hydroxylation is 1. The van der Waals surface area contributed by atoms with Crippen LogP contribution in [0.3, 0.4) is 0 Å². The van der Waals surface area contributed by atoms with Gasteiger partial charge in [0.25, 0.3) is 0 Å². The lowest BCUT2D eigenvalue weighted by Gasteiger charge is -2.12. The number of ether oxygens (including phenoxy) is 1. The molecule has 2 heterocycles. The Morgan fingerprint density at radius 1 is 1.35 bits per heavy atom. The highest BCUT2D eigenvalue weighted by Gasteiger charge is 2.02. The summed E-state index contributed by atoms with van der Waals surface area (Å²) in [6.45, 7) is 4.24. The molecule has 2 aromatic rings. The number of hydrogen-bond acceptors (Lipinski definition) is 5. The summed E-state index contributed by atoms with van der Waals surface area (Å²) in [5.41, 5.74) is 1.06. The van der Waals surface area contributed by atoms with Crippen molar-refractivity contribution in [2.24, 2.45) is 4.99 Å². The predicted molar refractivity (Wildman–Crippen MR) is 88.4 cm³/mol. The van der Waals surface area contributed by atoms with E-state index < -0.39 is 0 Å². The lowest BCUT2D eigenvalue weighted by atomic mass is 10.3. The molecule has 0 radical (unpaired) electrons. The number of guanidine groups is 1. The first-order chi connectivity index (χ1) is 11.3. The van der Waals surface area contributed by atoms with Gasteiger partial charge in [0, 0.05) is 45.4 Å². The highest BCUT2D eigenvalue weighted by molar-refractivity contribution is 5.79. The minimum Gasteiger partial charge on any atom is -0.481 e. The van der Waals surface area contributed by atoms with Crippen LogP contribution >= 0.6 is 0 Å². The van der Waals surface area contributed by atoms with E-state index in [4.69, 9.17) is 4.74 Å². The van der Waals surface area contributed by atoms with Gasteiger partial charge in [0.15, 0.2) is 5.96 Å². The van der Waals surface area contributed by atoms with Crippen LogP contribution in [0.4, 0.5) is 0 Å². The molecule has 0 aliphatic rings. The molecule has 0 aliphatic heterocycles. The maximum absolute atomic E-state index is 5.04. The van der Waals surface area contributed by atoms with Crippen molar-refractivity contribution in [3.63, 3.8) is 0 Å². The van der Waals surface area contributed by atoms with Crippen LogP contribution in [0.5, 0.6) is 5.88 Å². The van der Waals surface area contributed by atoms with Crippen molar-refractivity contribution in [3.8, 4) is 5.88 Å². The Labute approximate surface area is 136 Å². The quantitative estimate of drug-likeness (QED) is 0.574. The molecule has 0 aliphatic carbocycles. The number of nitrogens with one attached hydrogen (secondary N) is 2. The fraction of sp³-hybridized carbons (Fsp3) is 0.467. The van der Waals surface area contributed by atoms with Crippen molar-refractivity contribution in [2.75, 3.05) is 20.7 Å². The van der Waals surface area contributed by atoms with Crippen molar-refractivity contribution >= 4 is 5.96 Å². The molecule has 2 rings (SSSR count). The lowest BCUT2D eigenvalue weighted by Crippen LogP contribution is -2.38. The third-order valence-electron chi connectivity index (χ3n) is 3.35. The molecule has 23 heavy (non-hydrogen) atoms. The number of aliphatic imine (C=N–C) groups is 1. The first kappa shape index (κ1) is 16.7. The Bertz CT molecular complexity index is 621. The second-order valence-electron chi connectivity index (χ2n) is 4.86. The molecule has 2 N–H and O–H groups in total. The van der Waals surface area contributed by atoms with Gasteiger partial charge < -0.3 is 19.9 Å². The summed E-state index contributed by atoms with van der Waals surface area (Å²) < 4.78 is 7.08. The number of methoxy groups -OCH3 is 1. The second kappa shape index (κ2) is 8.72. The summed E-state index contributed by atoms with van der Waals surface area (Å²) in [4.78, 5) is 8.38. The van der Waals surface area contributed by atoms with Crippen LogP contribution in [-0.4, -0.2) is 46.4 Å². The van der Waals surface area contributed by atoms with Crippen LogP contribution < -0.4 is 15.4 Å². The summed E-state index contributed by atoms with van der Waals surface area (Å²) in [5.74, 6) is 2.34. The third kappa shape index (κ3) is 4.94. The van der Waals surface area contributed by atoms with Gasteiger partial charge in [0.2, 0.25) is 5.88 Å². The molecule has 0 saturated heterocycles. The van der Waals surface area contributed by atoms with E-state index >= 15 is 0 Å². The molecular weight excluding hydrogens is 294 g/mol. The smallest absolute Gasteiger partial charge is 0.212 e. The molecule has 0 fully saturated rings. The van der Waals surface area contributed by atoms with E-state index in [1.165, 1.54) is 0 Å². The first-order valence-electron chi connectivity index (χ1n) is 7.57. The summed E-state index contributed by atoms with van der Waals surface area (Å²) in [6, 6.07) is 3.81. The van der Waals surface area contributed by atoms with Gasteiger partial charge in [-0.15, -0.1) is 10.2 Å². The Kier molecular flexibility index (Phi) is 6.34. The molecule has 0 amide bonds. The van der Waals surface area contributed by atoms with E-state index in [0.717, 1.165) is 36.9 Å². The Balaban J connectivity index is 1.76. The van der Waals surface area contributed by atoms with Gasteiger partial charge in [0.05, 0.1) is 7.11 Å². The molecule has 0 saturated carbocycles. The summed E-state index contributed by atoms with van der Waals surface area (Å²) in [5, 5.41) is 14.5. The van der Waals surface area contributed by atoms with Crippen LogP contribution in [0.2, 0.25) is 0 Å². The largest absolute Gasteiger partial charge is 0.481 e. The van der Waals surface area contributed by atoms with Crippen LogP contribution in [0.15, 0.2) is 29.6 Å². The van der Waals surface area contributed by atoms with E-state index in [0.29, 0.717) is 12.4 Å². The van der Waals surface area contributed by atoms with Crippen molar-refractivity contribution < 1.29 is 4.74 Å². The fourth-order valence-corrected chi connectivity index (χ4v) is 2.08. The average Bonchev–Trinajstić information content (AvgIpc) is 3.05. The lowest BCUT2D eigenvalue weighted by molar-refractivity contribution is 0.397. The van der Waals surface area contributed by atoms with Crippen LogP contribution in [-0.2, 0) is 19.5 Å². The molecule has 2 aromatic heterocycles. The van der Waals surface area contributed by atoms with Crippen LogP contribution in [0, 0.1) is 0 Å². The summed E-state index contributed by atoms with van der Waals surface area (Å²) in [7, 11) is 3.35. The third-order valence-corrected chi connectivity index (χ3v) is 3.35. The van der Waals surface area contributed by atoms with Crippen molar-refractivity contribution in [1.82, 2.24) is 30.4 Å². The van der Waals surface area contributed by atoms with Gasteiger partial charge in [-0.2, -0.15) is 0 Å². The average molecular weight is 317 g/mol. The molecule has 0 atom stereocenters. The minimum atomic E-state index is 0.608. The number of nitrogens with zero attached hydrogens (tertiary/aromatic N) is 5. The molecule has 0 aromatic carbocycles. The van der Waals surface area contributed by atoms with E-state index in [-0.39, 0.29) is 0 Å². The van der Waals surface area contributed by atoms with Crippen molar-refractivity contribution in [1.29, 1.82) is 0 Å². The van der Waals surface area contributed by atoms with E-state index in [2.05, 4.69) is 37.7 Å². The summed E-state index contributed by atoms with van der Waals surface area (Å²) >= 11 is 0. The molecule has 124 valence electrons. The van der Waals surface area contributed by atoms with Crippen LogP contribution in [0.1, 0.15) is 18.3 Å². The molecule has 0 unspecified atom stereocenters. The monoisotopic (exact) mass is 317 g/mol. The Hall–Kier alpha value is -2.64. The number of rotatable bonds is 7. The van der Waals surface area contributed by atoms with Crippen molar-refractivity contribution in [2.45, 2.75) is 26.4 Å². The van der Waals surface area contributed by atoms with Crippen molar-refractivity contribution in [3.05, 3.63) is 36.0 Å². The number of pyridine rings is 1. The van der Waals surface area contributed by atoms with Gasteiger partial charge >= 0.3 is 0 Å². The molecule has 0 spiro atoms. The van der Waals surface area contributed by atoms with E-state index in [1.807, 2.05) is 16.7 Å². The normalized spacial score (nSPS) is 11.3. The zero-order valence-corrected chi connectivity index (χ0v) is 13.8. The second-order valence-corrected chi connectivity index (χ2v) is 4.86. The molecule has 8 nitrogen and oxygen atoms in total. The van der Waals surface area contributed by atoms with Gasteiger partial charge in [-0.1, -0.05) is 13.0 Å². The van der Waals surface area contributed by atoms with Gasteiger partial charge in [-0.25, -0.2) is 4.98 Å². The minimum absolute atomic E-state index is 0.608. The molecular formula is C15H23N7O. The van der Waals surface area contributed by atoms with Gasteiger partial charge in [-0.3, -0.25) is 4.99 Å². The van der Waals surface area contributed by atoms with Gasteiger partial charge in [-0.05, 0) is 5.56 Å². The maximum Gasteiger partial charge on any atom is 0.212 e. The predicted octanol–water partition coefficient (Wildman–Crippen LogP) is 0.609. The molecule has 0 bridgehead atoms. The van der Waals surface area contributed by atoms with Gasteiger partial charge in [0.1, 0.15) is 12.2 Å². The Morgan fingerprint density at radius 3 is 2.87 bits per heavy atom. The summed E-state index contributed by atoms with van der Waals surface area (Å²) in [6.07, 6.45) is 4.40. The topological polar surface area (TPSA) is 89.2 Å².